The van der Waals surface area contributed by atoms with E-state index < -0.39 is 12.8 Å². The lowest BCUT2D eigenvalue weighted by Gasteiger charge is -1.83. The molecule has 0 aliphatic heterocycles. The smallest absolute Gasteiger partial charge is 0.126 e. The van der Waals surface area contributed by atoms with Gasteiger partial charge in [-0.1, -0.05) is 18.2 Å². The number of alkyl halides is 2. The molecule has 3 heteroatoms. The number of hydrogen-bond donors (Lipinski definition) is 0. The first-order chi connectivity index (χ1) is 6.20. The molecule has 1 aromatic carbocycles. The first-order valence-electron chi connectivity index (χ1n) is 3.86. The van der Waals surface area contributed by atoms with Crippen molar-refractivity contribution in [3.63, 3.8) is 0 Å². The maximum Gasteiger partial charge on any atom is 0.126 e. The van der Waals surface area contributed by atoms with E-state index in [-0.39, 0.29) is 0 Å². The van der Waals surface area contributed by atoms with Gasteiger partial charge < -0.3 is 0 Å². The van der Waals surface area contributed by atoms with Crippen LogP contribution in [0.2, 0.25) is 0 Å². The molecule has 0 fully saturated rings. The Morgan fingerprint density at radius 1 is 1.38 bits per heavy atom. The first-order valence-corrected chi connectivity index (χ1v) is 3.86. The van der Waals surface area contributed by atoms with Crippen molar-refractivity contribution in [2.45, 2.75) is 13.1 Å². The van der Waals surface area contributed by atoms with Crippen molar-refractivity contribution in [1.82, 2.24) is 0 Å². The summed E-state index contributed by atoms with van der Waals surface area (Å²) in [5, 5.41) is 8.29. The summed E-state index contributed by atoms with van der Waals surface area (Å²) in [6.07, 6.45) is -1.28. The molecule has 0 N–H and O–H groups in total. The van der Waals surface area contributed by atoms with Crippen molar-refractivity contribution < 1.29 is 8.78 Å². The average molecular weight is 183 g/mol. The summed E-state index contributed by atoms with van der Waals surface area (Å²) >= 11 is 0. The molecule has 0 bridgehead atoms. The Bertz CT molecular complexity index is 251. The zero-order valence-electron chi connectivity index (χ0n) is 7.37. The van der Waals surface area contributed by atoms with Gasteiger partial charge in [0.1, 0.15) is 12.8 Å². The predicted octanol–water partition coefficient (Wildman–Crippen LogP) is 2.87. The lowest BCUT2D eigenvalue weighted by molar-refractivity contribution is 0.281. The van der Waals surface area contributed by atoms with E-state index in [4.69, 9.17) is 5.26 Å². The van der Waals surface area contributed by atoms with E-state index in [0.717, 1.165) is 0 Å². The van der Waals surface area contributed by atoms with Crippen LogP contribution in [0, 0.1) is 11.3 Å². The normalized spacial score (nSPS) is 10.6. The predicted molar refractivity (Wildman–Crippen MR) is 47.7 cm³/mol. The number of benzene rings is 1. The van der Waals surface area contributed by atoms with E-state index in [9.17, 15) is 8.78 Å². The van der Waals surface area contributed by atoms with Crippen molar-refractivity contribution in [2.24, 2.45) is 0 Å². The number of nitrogens with zero attached hydrogens (tertiary/aromatic N) is 1. The van der Waals surface area contributed by atoms with Crippen LogP contribution in [0.25, 0.3) is 0 Å². The number of nitriles is 1. The average Bonchev–Trinajstić information content (AvgIpc) is 2.20. The summed E-state index contributed by atoms with van der Waals surface area (Å²) < 4.78 is 21.8. The van der Waals surface area contributed by atoms with E-state index in [1.807, 2.05) is 24.3 Å². The SMILES string of the molecule is CC(F)CF.N#Cc1ccccc1. The van der Waals surface area contributed by atoms with E-state index in [1.54, 1.807) is 12.1 Å². The minimum atomic E-state index is -1.28. The van der Waals surface area contributed by atoms with Gasteiger partial charge in [-0.05, 0) is 19.1 Å². The van der Waals surface area contributed by atoms with Gasteiger partial charge in [0.05, 0.1) is 11.6 Å². The molecule has 0 radical (unpaired) electrons. The van der Waals surface area contributed by atoms with E-state index in [1.165, 1.54) is 6.92 Å². The van der Waals surface area contributed by atoms with Gasteiger partial charge in [-0.2, -0.15) is 5.26 Å². The topological polar surface area (TPSA) is 23.8 Å². The standard InChI is InChI=1S/C7H5N.C3H6F2/c8-6-7-4-2-1-3-5-7;1-3(5)2-4/h1-5H;3H,2H2,1H3. The van der Waals surface area contributed by atoms with Crippen molar-refractivity contribution in [3.05, 3.63) is 35.9 Å². The third kappa shape index (κ3) is 6.95. The minimum absolute atomic E-state index is 0.715. The highest BCUT2D eigenvalue weighted by molar-refractivity contribution is 5.27. The Hall–Kier alpha value is -1.43. The molecule has 0 saturated carbocycles. The van der Waals surface area contributed by atoms with Gasteiger partial charge in [0.25, 0.3) is 0 Å². The van der Waals surface area contributed by atoms with Gasteiger partial charge in [0.2, 0.25) is 0 Å². The maximum absolute atomic E-state index is 11.1. The van der Waals surface area contributed by atoms with Crippen LogP contribution in [-0.2, 0) is 0 Å². The lowest BCUT2D eigenvalue weighted by atomic mass is 10.2. The molecular formula is C10H11F2N. The van der Waals surface area contributed by atoms with Crippen LogP contribution in [0.1, 0.15) is 12.5 Å². The van der Waals surface area contributed by atoms with Crippen LogP contribution in [0.3, 0.4) is 0 Å². The molecular weight excluding hydrogens is 172 g/mol. The Labute approximate surface area is 76.6 Å². The van der Waals surface area contributed by atoms with Gasteiger partial charge in [-0.15, -0.1) is 0 Å². The summed E-state index contributed by atoms with van der Waals surface area (Å²) in [4.78, 5) is 0. The molecule has 0 aromatic heterocycles. The van der Waals surface area contributed by atoms with Gasteiger partial charge in [0.15, 0.2) is 0 Å². The number of halogens is 2. The third-order valence-corrected chi connectivity index (χ3v) is 1.12. The monoisotopic (exact) mass is 183 g/mol. The summed E-state index contributed by atoms with van der Waals surface area (Å²) in [7, 11) is 0. The molecule has 1 aromatic rings. The summed E-state index contributed by atoms with van der Waals surface area (Å²) in [6.45, 7) is 0.319. The van der Waals surface area contributed by atoms with Gasteiger partial charge in [0, 0.05) is 0 Å². The molecule has 1 unspecified atom stereocenters. The quantitative estimate of drug-likeness (QED) is 0.656. The van der Waals surface area contributed by atoms with E-state index in [0.29, 0.717) is 5.56 Å². The molecule has 1 atom stereocenters. The number of rotatable bonds is 1. The van der Waals surface area contributed by atoms with Crippen LogP contribution in [0.5, 0.6) is 0 Å². The molecule has 1 nitrogen and oxygen atoms in total. The van der Waals surface area contributed by atoms with Gasteiger partial charge >= 0.3 is 0 Å². The number of hydrogen-bond acceptors (Lipinski definition) is 1. The summed E-state index contributed by atoms with van der Waals surface area (Å²) in [5.41, 5.74) is 0.715. The Morgan fingerprint density at radius 2 is 1.85 bits per heavy atom. The Morgan fingerprint density at radius 3 is 2.08 bits per heavy atom. The fraction of sp³-hybridized carbons (Fsp3) is 0.300. The highest BCUT2D eigenvalue weighted by Gasteiger charge is 1.89. The Balaban J connectivity index is 0.000000252. The molecule has 0 aliphatic rings. The second-order valence-corrected chi connectivity index (χ2v) is 2.41. The fourth-order valence-electron chi connectivity index (χ4n) is 0.513. The van der Waals surface area contributed by atoms with Crippen LogP contribution >= 0.6 is 0 Å². The second kappa shape index (κ2) is 7.23. The van der Waals surface area contributed by atoms with Gasteiger partial charge in [-0.25, -0.2) is 8.78 Å². The molecule has 1 rings (SSSR count). The largest absolute Gasteiger partial charge is 0.248 e. The van der Waals surface area contributed by atoms with Crippen LogP contribution in [0.15, 0.2) is 30.3 Å². The minimum Gasteiger partial charge on any atom is -0.248 e. The summed E-state index contributed by atoms with van der Waals surface area (Å²) in [5.74, 6) is 0. The van der Waals surface area contributed by atoms with E-state index >= 15 is 0 Å². The summed E-state index contributed by atoms with van der Waals surface area (Å²) in [6, 6.07) is 11.2. The van der Waals surface area contributed by atoms with Crippen LogP contribution < -0.4 is 0 Å². The molecule has 0 saturated heterocycles. The highest BCUT2D eigenvalue weighted by atomic mass is 19.2. The highest BCUT2D eigenvalue weighted by Crippen LogP contribution is 1.93. The van der Waals surface area contributed by atoms with Crippen molar-refractivity contribution in [3.8, 4) is 6.07 Å². The molecule has 13 heavy (non-hydrogen) atoms. The molecule has 0 heterocycles. The third-order valence-electron chi connectivity index (χ3n) is 1.12. The van der Waals surface area contributed by atoms with Gasteiger partial charge in [-0.3, -0.25) is 0 Å². The van der Waals surface area contributed by atoms with Crippen molar-refractivity contribution in [2.75, 3.05) is 6.67 Å². The molecule has 0 aliphatic carbocycles. The zero-order valence-corrected chi connectivity index (χ0v) is 7.37. The van der Waals surface area contributed by atoms with E-state index in [2.05, 4.69) is 0 Å². The fourth-order valence-corrected chi connectivity index (χ4v) is 0.513. The molecule has 0 spiro atoms. The van der Waals surface area contributed by atoms with Crippen LogP contribution in [0.4, 0.5) is 8.78 Å². The molecule has 70 valence electrons. The molecule has 0 amide bonds. The van der Waals surface area contributed by atoms with Crippen molar-refractivity contribution in [1.29, 1.82) is 5.26 Å². The lowest BCUT2D eigenvalue weighted by Crippen LogP contribution is -1.91. The first kappa shape index (κ1) is 11.6. The second-order valence-electron chi connectivity index (χ2n) is 2.41. The van der Waals surface area contributed by atoms with Crippen molar-refractivity contribution >= 4 is 0 Å². The van der Waals surface area contributed by atoms with Crippen LogP contribution in [-0.4, -0.2) is 12.8 Å². The Kier molecular flexibility index (Phi) is 6.44. The maximum atomic E-state index is 11.1. The zero-order chi connectivity index (χ0) is 10.1.